The molecule has 0 atom stereocenters. The minimum atomic E-state index is 0.816. The third kappa shape index (κ3) is 3.45. The van der Waals surface area contributed by atoms with Crippen molar-refractivity contribution < 1.29 is 0 Å². The second-order valence-electron chi connectivity index (χ2n) is 7.49. The molecular formula is C28H21BrN2. The third-order valence-corrected chi connectivity index (χ3v) is 6.08. The Labute approximate surface area is 190 Å². The van der Waals surface area contributed by atoms with E-state index >= 15 is 0 Å². The number of hydrogen-bond donors (Lipinski definition) is 0. The Morgan fingerprint density at radius 1 is 0.774 bits per heavy atom. The van der Waals surface area contributed by atoms with Crippen LogP contribution in [0.5, 0.6) is 0 Å². The first-order valence-electron chi connectivity index (χ1n) is 10.4. The summed E-state index contributed by atoms with van der Waals surface area (Å²) >= 11 is 3.52. The van der Waals surface area contributed by atoms with Crippen LogP contribution in [0.25, 0.3) is 49.4 Å². The van der Waals surface area contributed by atoms with Crippen LogP contribution in [0.2, 0.25) is 0 Å². The zero-order chi connectivity index (χ0) is 21.4. The van der Waals surface area contributed by atoms with Gasteiger partial charge in [-0.25, -0.2) is 9.97 Å². The Morgan fingerprint density at radius 2 is 1.55 bits per heavy atom. The Morgan fingerprint density at radius 3 is 2.32 bits per heavy atom. The summed E-state index contributed by atoms with van der Waals surface area (Å²) in [6.07, 6.45) is 6.35. The molecule has 0 saturated carbocycles. The number of halogens is 1. The van der Waals surface area contributed by atoms with Gasteiger partial charge >= 0.3 is 0 Å². The minimum absolute atomic E-state index is 0.816. The van der Waals surface area contributed by atoms with Crippen molar-refractivity contribution in [2.75, 3.05) is 0 Å². The van der Waals surface area contributed by atoms with E-state index in [1.54, 1.807) is 0 Å². The minimum Gasteiger partial charge on any atom is -0.245 e. The molecule has 0 amide bonds. The number of hydrogen-bond acceptors (Lipinski definition) is 2. The molecule has 0 aliphatic rings. The second kappa shape index (κ2) is 8.09. The van der Waals surface area contributed by atoms with Crippen LogP contribution in [0.1, 0.15) is 19.4 Å². The molecule has 2 aromatic heterocycles. The van der Waals surface area contributed by atoms with Crippen molar-refractivity contribution in [3.05, 3.63) is 101 Å². The van der Waals surface area contributed by atoms with Crippen molar-refractivity contribution in [2.24, 2.45) is 0 Å². The van der Waals surface area contributed by atoms with E-state index < -0.39 is 0 Å². The zero-order valence-electron chi connectivity index (χ0n) is 17.4. The second-order valence-corrected chi connectivity index (χ2v) is 8.31. The highest BCUT2D eigenvalue weighted by Gasteiger charge is 2.14. The summed E-state index contributed by atoms with van der Waals surface area (Å²) in [5, 5.41) is 3.35. The number of allylic oxidation sites excluding steroid dienone is 4. The standard InChI is InChI=1S/C28H21BrN2/c1-3-7-18(4-2)19-10-12-20(13-11-19)26-22-8-5-6-9-24(22)30-28-23(26)16-14-21-15-17-25(29)31-27(21)28/h3-17H,1-2H3/b7-3-,18-4+. The largest absolute Gasteiger partial charge is 0.245 e. The summed E-state index contributed by atoms with van der Waals surface area (Å²) in [5.74, 6) is 0. The van der Waals surface area contributed by atoms with E-state index in [1.165, 1.54) is 22.3 Å². The van der Waals surface area contributed by atoms with Crippen LogP contribution in [-0.2, 0) is 0 Å². The van der Waals surface area contributed by atoms with Gasteiger partial charge in [0.1, 0.15) is 4.60 Å². The van der Waals surface area contributed by atoms with Gasteiger partial charge in [-0.1, -0.05) is 78.9 Å². The maximum Gasteiger partial charge on any atom is 0.106 e. The zero-order valence-corrected chi connectivity index (χ0v) is 19.0. The van der Waals surface area contributed by atoms with Gasteiger partial charge in [-0.05, 0) is 58.6 Å². The molecule has 3 aromatic carbocycles. The first-order valence-corrected chi connectivity index (χ1v) is 11.2. The van der Waals surface area contributed by atoms with Gasteiger partial charge in [-0.3, -0.25) is 0 Å². The molecule has 3 heteroatoms. The van der Waals surface area contributed by atoms with Crippen molar-refractivity contribution in [1.29, 1.82) is 0 Å². The molecule has 0 spiro atoms. The number of aromatic nitrogens is 2. The highest BCUT2D eigenvalue weighted by atomic mass is 79.9. The average Bonchev–Trinajstić information content (AvgIpc) is 2.81. The predicted octanol–water partition coefficient (Wildman–Crippen LogP) is 8.35. The van der Waals surface area contributed by atoms with Gasteiger partial charge in [0, 0.05) is 21.7 Å². The van der Waals surface area contributed by atoms with E-state index in [2.05, 4.69) is 102 Å². The van der Waals surface area contributed by atoms with E-state index in [-0.39, 0.29) is 0 Å². The van der Waals surface area contributed by atoms with Crippen molar-refractivity contribution in [1.82, 2.24) is 9.97 Å². The predicted molar refractivity (Wildman–Crippen MR) is 136 cm³/mol. The fourth-order valence-corrected chi connectivity index (χ4v) is 4.50. The molecule has 0 fully saturated rings. The number of rotatable bonds is 3. The molecule has 0 aliphatic heterocycles. The molecule has 0 aliphatic carbocycles. The quantitative estimate of drug-likeness (QED) is 0.116. The van der Waals surface area contributed by atoms with E-state index in [1.807, 2.05) is 19.1 Å². The van der Waals surface area contributed by atoms with Crippen LogP contribution in [0.4, 0.5) is 0 Å². The molecule has 0 bridgehead atoms. The smallest absolute Gasteiger partial charge is 0.106 e. The van der Waals surface area contributed by atoms with Crippen LogP contribution in [0.3, 0.4) is 0 Å². The molecule has 2 nitrogen and oxygen atoms in total. The number of fused-ring (bicyclic) bond motifs is 4. The van der Waals surface area contributed by atoms with Gasteiger partial charge in [0.15, 0.2) is 0 Å². The fourth-order valence-electron chi connectivity index (χ4n) is 4.19. The number of benzene rings is 3. The summed E-state index contributed by atoms with van der Waals surface area (Å²) < 4.78 is 0.816. The topological polar surface area (TPSA) is 25.8 Å². The van der Waals surface area contributed by atoms with E-state index in [0.29, 0.717) is 0 Å². The van der Waals surface area contributed by atoms with Crippen LogP contribution < -0.4 is 0 Å². The molecule has 5 rings (SSSR count). The van der Waals surface area contributed by atoms with E-state index in [4.69, 9.17) is 9.97 Å². The normalized spacial score (nSPS) is 12.4. The molecule has 5 aromatic rings. The maximum atomic E-state index is 5.01. The molecule has 0 radical (unpaired) electrons. The van der Waals surface area contributed by atoms with Gasteiger partial charge in [-0.15, -0.1) is 0 Å². The third-order valence-electron chi connectivity index (χ3n) is 5.64. The first-order chi connectivity index (χ1) is 15.2. The Hall–Kier alpha value is -3.30. The molecular weight excluding hydrogens is 444 g/mol. The lowest BCUT2D eigenvalue weighted by Crippen LogP contribution is -1.92. The van der Waals surface area contributed by atoms with Crippen LogP contribution in [0.15, 0.2) is 95.6 Å². The van der Waals surface area contributed by atoms with Crippen molar-refractivity contribution >= 4 is 54.2 Å². The molecule has 31 heavy (non-hydrogen) atoms. The molecule has 0 N–H and O–H groups in total. The number of para-hydroxylation sites is 1. The SMILES string of the molecule is C/C=C\C(=C/C)c1ccc(-c2c3ccccc3nc3c2ccc2ccc(Br)nc23)cc1. The lowest BCUT2D eigenvalue weighted by molar-refractivity contribution is 1.35. The van der Waals surface area contributed by atoms with Gasteiger partial charge in [-0.2, -0.15) is 0 Å². The number of nitrogens with zero attached hydrogens (tertiary/aromatic N) is 2. The number of pyridine rings is 2. The highest BCUT2D eigenvalue weighted by molar-refractivity contribution is 9.10. The Kier molecular flexibility index (Phi) is 5.13. The summed E-state index contributed by atoms with van der Waals surface area (Å²) in [4.78, 5) is 9.77. The lowest BCUT2D eigenvalue weighted by atomic mass is 9.93. The van der Waals surface area contributed by atoms with Crippen molar-refractivity contribution in [3.63, 3.8) is 0 Å². The summed E-state index contributed by atoms with van der Waals surface area (Å²) in [6, 6.07) is 25.5. The molecule has 0 unspecified atom stereocenters. The van der Waals surface area contributed by atoms with E-state index in [9.17, 15) is 0 Å². The van der Waals surface area contributed by atoms with Crippen molar-refractivity contribution in [3.8, 4) is 11.1 Å². The first kappa shape index (κ1) is 19.7. The lowest BCUT2D eigenvalue weighted by Gasteiger charge is -2.13. The van der Waals surface area contributed by atoms with Gasteiger partial charge in [0.2, 0.25) is 0 Å². The monoisotopic (exact) mass is 464 g/mol. The molecule has 2 heterocycles. The van der Waals surface area contributed by atoms with Gasteiger partial charge in [0.25, 0.3) is 0 Å². The summed E-state index contributed by atoms with van der Waals surface area (Å²) in [5.41, 5.74) is 7.63. The fraction of sp³-hybridized carbons (Fsp3) is 0.0714. The van der Waals surface area contributed by atoms with Crippen LogP contribution in [0, 0.1) is 0 Å². The maximum absolute atomic E-state index is 5.01. The molecule has 0 saturated heterocycles. The van der Waals surface area contributed by atoms with Crippen LogP contribution in [-0.4, -0.2) is 9.97 Å². The van der Waals surface area contributed by atoms with Crippen molar-refractivity contribution in [2.45, 2.75) is 13.8 Å². The summed E-state index contributed by atoms with van der Waals surface area (Å²) in [6.45, 7) is 4.12. The van der Waals surface area contributed by atoms with Gasteiger partial charge in [0.05, 0.1) is 16.6 Å². The average molecular weight is 465 g/mol. The Balaban J connectivity index is 1.83. The van der Waals surface area contributed by atoms with E-state index in [0.717, 1.165) is 37.3 Å². The molecule has 150 valence electrons. The van der Waals surface area contributed by atoms with Gasteiger partial charge < -0.3 is 0 Å². The van der Waals surface area contributed by atoms with Crippen LogP contribution >= 0.6 is 15.9 Å². The Bertz CT molecular complexity index is 1500. The summed E-state index contributed by atoms with van der Waals surface area (Å²) in [7, 11) is 0. The highest BCUT2D eigenvalue weighted by Crippen LogP contribution is 2.37.